The molecule has 0 fully saturated rings. The molecule has 0 radical (unpaired) electrons. The second kappa shape index (κ2) is 8.24. The molecular formula is C23H17ClFN7. The van der Waals surface area contributed by atoms with Crippen molar-refractivity contribution in [2.45, 2.75) is 6.54 Å². The Morgan fingerprint density at radius 1 is 0.969 bits per heavy atom. The van der Waals surface area contributed by atoms with Gasteiger partial charge in [-0.05, 0) is 60.7 Å². The minimum absolute atomic E-state index is 0.336. The minimum Gasteiger partial charge on any atom is -0.383 e. The summed E-state index contributed by atoms with van der Waals surface area (Å²) < 4.78 is 15.1. The largest absolute Gasteiger partial charge is 0.383 e. The number of rotatable bonds is 5. The first-order chi connectivity index (χ1) is 15.6. The van der Waals surface area contributed by atoms with E-state index in [4.69, 9.17) is 17.3 Å². The summed E-state index contributed by atoms with van der Waals surface area (Å²) in [6, 6.07) is 18.9. The predicted octanol–water partition coefficient (Wildman–Crippen LogP) is 4.86. The lowest BCUT2D eigenvalue weighted by Crippen LogP contribution is -2.06. The lowest BCUT2D eigenvalue weighted by molar-refractivity contribution is 0.628. The number of hydrogen-bond acceptors (Lipinski definition) is 6. The van der Waals surface area contributed by atoms with Crippen molar-refractivity contribution < 1.29 is 4.39 Å². The molecule has 0 spiro atoms. The minimum atomic E-state index is -0.336. The molecule has 32 heavy (non-hydrogen) atoms. The summed E-state index contributed by atoms with van der Waals surface area (Å²) in [5.41, 5.74) is 9.71. The van der Waals surface area contributed by atoms with E-state index in [0.29, 0.717) is 45.6 Å². The van der Waals surface area contributed by atoms with E-state index >= 15 is 0 Å². The molecule has 0 saturated heterocycles. The van der Waals surface area contributed by atoms with E-state index in [1.807, 2.05) is 30.3 Å². The number of pyridine rings is 1. The van der Waals surface area contributed by atoms with Gasteiger partial charge in [0.2, 0.25) is 5.95 Å². The van der Waals surface area contributed by atoms with Crippen molar-refractivity contribution in [2.75, 3.05) is 11.1 Å². The third kappa shape index (κ3) is 3.83. The van der Waals surface area contributed by atoms with Crippen molar-refractivity contribution in [2.24, 2.45) is 0 Å². The number of benzene rings is 2. The molecule has 3 aromatic heterocycles. The molecule has 7 nitrogen and oxygen atoms in total. The second-order valence-corrected chi connectivity index (χ2v) is 7.49. The Bertz CT molecular complexity index is 1380. The van der Waals surface area contributed by atoms with Crippen LogP contribution in [0.1, 0.15) is 5.69 Å². The zero-order valence-electron chi connectivity index (χ0n) is 16.7. The van der Waals surface area contributed by atoms with Crippen LogP contribution in [0.2, 0.25) is 5.02 Å². The van der Waals surface area contributed by atoms with E-state index in [0.717, 1.165) is 11.4 Å². The van der Waals surface area contributed by atoms with Gasteiger partial charge in [0.05, 0.1) is 29.0 Å². The lowest BCUT2D eigenvalue weighted by atomic mass is 10.1. The summed E-state index contributed by atoms with van der Waals surface area (Å²) >= 11 is 6.01. The van der Waals surface area contributed by atoms with Crippen LogP contribution in [-0.4, -0.2) is 24.7 Å². The van der Waals surface area contributed by atoms with Crippen LogP contribution < -0.4 is 11.1 Å². The average Bonchev–Trinajstić information content (AvgIpc) is 3.15. The van der Waals surface area contributed by atoms with Crippen molar-refractivity contribution in [3.63, 3.8) is 0 Å². The van der Waals surface area contributed by atoms with Crippen LogP contribution in [0.5, 0.6) is 0 Å². The van der Waals surface area contributed by atoms with Gasteiger partial charge in [-0.2, -0.15) is 4.98 Å². The number of aromatic nitrogens is 5. The molecule has 5 rings (SSSR count). The Morgan fingerprint density at radius 2 is 1.75 bits per heavy atom. The summed E-state index contributed by atoms with van der Waals surface area (Å²) in [6.45, 7) is 0.433. The Labute approximate surface area is 187 Å². The maximum absolute atomic E-state index is 13.5. The smallest absolute Gasteiger partial charge is 0.225 e. The van der Waals surface area contributed by atoms with Gasteiger partial charge in [-0.25, -0.2) is 14.1 Å². The molecule has 0 bridgehead atoms. The van der Waals surface area contributed by atoms with E-state index in [2.05, 4.69) is 25.4 Å². The van der Waals surface area contributed by atoms with Crippen molar-refractivity contribution in [3.8, 4) is 16.9 Å². The van der Waals surface area contributed by atoms with Gasteiger partial charge in [-0.15, -0.1) is 5.10 Å². The molecular weight excluding hydrogens is 429 g/mol. The first kappa shape index (κ1) is 19.9. The second-order valence-electron chi connectivity index (χ2n) is 7.05. The highest BCUT2D eigenvalue weighted by Crippen LogP contribution is 2.33. The molecule has 0 aliphatic heterocycles. The molecule has 2 aromatic carbocycles. The number of nitrogens with one attached hydrogen (secondary N) is 1. The first-order valence-corrected chi connectivity index (χ1v) is 10.2. The Kier molecular flexibility index (Phi) is 5.12. The lowest BCUT2D eigenvalue weighted by Gasteiger charge is -2.08. The fourth-order valence-electron chi connectivity index (χ4n) is 3.36. The number of halogens is 2. The molecule has 0 unspecified atom stereocenters. The third-order valence-corrected chi connectivity index (χ3v) is 5.16. The maximum Gasteiger partial charge on any atom is 0.225 e. The van der Waals surface area contributed by atoms with Gasteiger partial charge in [0.25, 0.3) is 0 Å². The van der Waals surface area contributed by atoms with E-state index in [9.17, 15) is 4.39 Å². The fourth-order valence-corrected chi connectivity index (χ4v) is 3.48. The molecule has 5 aromatic rings. The van der Waals surface area contributed by atoms with Crippen molar-refractivity contribution in [1.82, 2.24) is 24.7 Å². The zero-order valence-corrected chi connectivity index (χ0v) is 17.5. The molecule has 0 aliphatic carbocycles. The number of nitrogen functional groups attached to an aromatic ring is 1. The summed E-state index contributed by atoms with van der Waals surface area (Å²) in [6.07, 6.45) is 1.72. The van der Waals surface area contributed by atoms with Crippen molar-refractivity contribution in [3.05, 3.63) is 89.5 Å². The molecule has 0 amide bonds. The van der Waals surface area contributed by atoms with Gasteiger partial charge in [-0.3, -0.25) is 4.98 Å². The fraction of sp³-hybridized carbons (Fsp3) is 0.0435. The number of fused-ring (bicyclic) bond motifs is 1. The molecule has 9 heteroatoms. The predicted molar refractivity (Wildman–Crippen MR) is 123 cm³/mol. The first-order valence-electron chi connectivity index (χ1n) is 9.80. The van der Waals surface area contributed by atoms with E-state index in [-0.39, 0.29) is 5.82 Å². The van der Waals surface area contributed by atoms with Gasteiger partial charge >= 0.3 is 0 Å². The van der Waals surface area contributed by atoms with Gasteiger partial charge in [-0.1, -0.05) is 17.7 Å². The number of hydrogen-bond donors (Lipinski definition) is 2. The topological polar surface area (TPSA) is 94.5 Å². The molecule has 0 atom stereocenters. The molecule has 158 valence electrons. The number of anilines is 2. The van der Waals surface area contributed by atoms with Gasteiger partial charge in [0, 0.05) is 16.8 Å². The SMILES string of the molecule is Nc1c2c(-c3ccc(F)cc3)nc(NCc3ccccn3)nc2nn1-c1ccc(Cl)cc1. The van der Waals surface area contributed by atoms with E-state index in [1.165, 1.54) is 12.1 Å². The van der Waals surface area contributed by atoms with Crippen LogP contribution in [0.15, 0.2) is 72.9 Å². The normalized spacial score (nSPS) is 11.1. The summed E-state index contributed by atoms with van der Waals surface area (Å²) in [5, 5.41) is 8.97. The zero-order chi connectivity index (χ0) is 22.1. The monoisotopic (exact) mass is 445 g/mol. The van der Waals surface area contributed by atoms with Gasteiger partial charge in [0.15, 0.2) is 5.65 Å². The van der Waals surface area contributed by atoms with Crippen LogP contribution in [0.25, 0.3) is 28.0 Å². The van der Waals surface area contributed by atoms with Crippen LogP contribution in [0.3, 0.4) is 0 Å². The summed E-state index contributed by atoms with van der Waals surface area (Å²) in [4.78, 5) is 13.5. The van der Waals surface area contributed by atoms with E-state index in [1.54, 1.807) is 35.1 Å². The summed E-state index contributed by atoms with van der Waals surface area (Å²) in [5.74, 6) is 0.401. The highest BCUT2D eigenvalue weighted by atomic mass is 35.5. The van der Waals surface area contributed by atoms with E-state index < -0.39 is 0 Å². The average molecular weight is 446 g/mol. The number of nitrogens with zero attached hydrogens (tertiary/aromatic N) is 5. The van der Waals surface area contributed by atoms with Crippen LogP contribution >= 0.6 is 11.6 Å². The molecule has 0 saturated carbocycles. The van der Waals surface area contributed by atoms with Gasteiger partial charge in [0.1, 0.15) is 11.6 Å². The third-order valence-electron chi connectivity index (χ3n) is 4.91. The van der Waals surface area contributed by atoms with Gasteiger partial charge < -0.3 is 11.1 Å². The Hall–Kier alpha value is -4.04. The number of nitrogens with two attached hydrogens (primary N) is 1. The molecule has 0 aliphatic rings. The Morgan fingerprint density at radius 3 is 2.47 bits per heavy atom. The maximum atomic E-state index is 13.5. The van der Waals surface area contributed by atoms with Crippen LogP contribution in [-0.2, 0) is 6.54 Å². The standard InChI is InChI=1S/C23H17ClFN7/c24-15-6-10-18(11-7-15)32-21(26)19-20(14-4-8-16(25)9-5-14)29-23(30-22(19)31-32)28-13-17-3-1-2-12-27-17/h1-12H,13,26H2,(H,28,30,31). The highest BCUT2D eigenvalue weighted by Gasteiger charge is 2.19. The quantitative estimate of drug-likeness (QED) is 0.401. The summed E-state index contributed by atoms with van der Waals surface area (Å²) in [7, 11) is 0. The van der Waals surface area contributed by atoms with Crippen molar-refractivity contribution >= 4 is 34.4 Å². The van der Waals surface area contributed by atoms with Crippen molar-refractivity contribution in [1.29, 1.82) is 0 Å². The van der Waals surface area contributed by atoms with Crippen LogP contribution in [0, 0.1) is 5.82 Å². The molecule has 3 heterocycles. The Balaban J connectivity index is 1.64. The van der Waals surface area contributed by atoms with Crippen LogP contribution in [0.4, 0.5) is 16.2 Å². The molecule has 3 N–H and O–H groups in total. The highest BCUT2D eigenvalue weighted by molar-refractivity contribution is 6.30.